The van der Waals surface area contributed by atoms with E-state index in [4.69, 9.17) is 11.6 Å². The SMILES string of the molecule is CC(=O)c1cc(Cl)ccc1C1=C(C)C=C(C)C1C. The molecule has 1 aromatic rings. The molecule has 0 aliphatic heterocycles. The van der Waals surface area contributed by atoms with Gasteiger partial charge < -0.3 is 0 Å². The van der Waals surface area contributed by atoms with Crippen LogP contribution in [0.15, 0.2) is 35.4 Å². The predicted molar refractivity (Wildman–Crippen MR) is 77.0 cm³/mol. The van der Waals surface area contributed by atoms with Crippen LogP contribution in [0.2, 0.25) is 5.02 Å². The van der Waals surface area contributed by atoms with E-state index in [9.17, 15) is 4.79 Å². The molecular weight excluding hydrogens is 244 g/mol. The minimum Gasteiger partial charge on any atom is -0.294 e. The van der Waals surface area contributed by atoms with Crippen LogP contribution in [-0.2, 0) is 0 Å². The Morgan fingerprint density at radius 2 is 1.94 bits per heavy atom. The van der Waals surface area contributed by atoms with E-state index in [1.807, 2.05) is 12.1 Å². The first-order valence-corrected chi connectivity index (χ1v) is 6.49. The third-order valence-corrected chi connectivity index (χ3v) is 3.87. The average Bonchev–Trinajstić information content (AvgIpc) is 2.54. The maximum Gasteiger partial charge on any atom is 0.160 e. The van der Waals surface area contributed by atoms with Crippen LogP contribution in [0.4, 0.5) is 0 Å². The molecular formula is C16H17ClO. The number of carbonyl (C=O) groups excluding carboxylic acids is 1. The second-order valence-corrected chi connectivity index (χ2v) is 5.39. The van der Waals surface area contributed by atoms with Crippen molar-refractivity contribution in [1.82, 2.24) is 0 Å². The van der Waals surface area contributed by atoms with Crippen molar-refractivity contribution in [3.8, 4) is 0 Å². The quantitative estimate of drug-likeness (QED) is 0.691. The summed E-state index contributed by atoms with van der Waals surface area (Å²) >= 11 is 5.99. The highest BCUT2D eigenvalue weighted by Crippen LogP contribution is 2.39. The topological polar surface area (TPSA) is 17.1 Å². The van der Waals surface area contributed by atoms with Crippen molar-refractivity contribution >= 4 is 23.0 Å². The molecule has 0 saturated heterocycles. The van der Waals surface area contributed by atoms with Crippen LogP contribution in [0.1, 0.15) is 43.6 Å². The van der Waals surface area contributed by atoms with Gasteiger partial charge in [0, 0.05) is 16.5 Å². The number of benzene rings is 1. The summed E-state index contributed by atoms with van der Waals surface area (Å²) in [6.45, 7) is 7.99. The van der Waals surface area contributed by atoms with Gasteiger partial charge in [0.05, 0.1) is 0 Å². The number of Topliss-reactive ketones (excluding diaryl/α,β-unsaturated/α-hetero) is 1. The molecule has 0 radical (unpaired) electrons. The Kier molecular flexibility index (Phi) is 3.45. The minimum absolute atomic E-state index is 0.0598. The summed E-state index contributed by atoms with van der Waals surface area (Å²) in [4.78, 5) is 11.8. The van der Waals surface area contributed by atoms with Crippen LogP contribution in [0, 0.1) is 5.92 Å². The molecule has 0 aromatic heterocycles. The fourth-order valence-corrected chi connectivity index (χ4v) is 2.77. The van der Waals surface area contributed by atoms with Gasteiger partial charge in [-0.05, 0) is 49.6 Å². The molecule has 0 heterocycles. The molecule has 2 rings (SSSR count). The molecule has 1 aromatic carbocycles. The Labute approximate surface area is 113 Å². The highest BCUT2D eigenvalue weighted by Gasteiger charge is 2.23. The number of hydrogen-bond donors (Lipinski definition) is 0. The van der Waals surface area contributed by atoms with Crippen molar-refractivity contribution in [3.63, 3.8) is 0 Å². The van der Waals surface area contributed by atoms with Crippen molar-refractivity contribution < 1.29 is 4.79 Å². The van der Waals surface area contributed by atoms with E-state index in [0.717, 1.165) is 5.56 Å². The van der Waals surface area contributed by atoms with Crippen molar-refractivity contribution in [1.29, 1.82) is 0 Å². The molecule has 1 atom stereocenters. The zero-order valence-corrected chi connectivity index (χ0v) is 11.9. The van der Waals surface area contributed by atoms with Crippen molar-refractivity contribution in [2.24, 2.45) is 5.92 Å². The summed E-state index contributed by atoms with van der Waals surface area (Å²) < 4.78 is 0. The van der Waals surface area contributed by atoms with Crippen LogP contribution in [-0.4, -0.2) is 5.78 Å². The third kappa shape index (κ3) is 2.15. The van der Waals surface area contributed by atoms with Crippen molar-refractivity contribution in [3.05, 3.63) is 51.6 Å². The van der Waals surface area contributed by atoms with E-state index < -0.39 is 0 Å². The lowest BCUT2D eigenvalue weighted by Gasteiger charge is -2.16. The average molecular weight is 261 g/mol. The van der Waals surface area contributed by atoms with E-state index in [1.54, 1.807) is 13.0 Å². The Hall–Kier alpha value is -1.34. The van der Waals surface area contributed by atoms with E-state index in [1.165, 1.54) is 16.7 Å². The first-order chi connectivity index (χ1) is 8.41. The number of carbonyl (C=O) groups is 1. The first-order valence-electron chi connectivity index (χ1n) is 6.11. The maximum absolute atomic E-state index is 11.8. The molecule has 0 fully saturated rings. The Morgan fingerprint density at radius 3 is 2.44 bits per heavy atom. The Balaban J connectivity index is 2.60. The van der Waals surface area contributed by atoms with Crippen molar-refractivity contribution in [2.45, 2.75) is 27.7 Å². The molecule has 0 amide bonds. The van der Waals surface area contributed by atoms with Gasteiger partial charge in [-0.2, -0.15) is 0 Å². The summed E-state index contributed by atoms with van der Waals surface area (Å²) in [5.74, 6) is 0.425. The highest BCUT2D eigenvalue weighted by atomic mass is 35.5. The summed E-state index contributed by atoms with van der Waals surface area (Å²) in [5.41, 5.74) is 5.56. The lowest BCUT2D eigenvalue weighted by Crippen LogP contribution is -2.04. The molecule has 0 saturated carbocycles. The van der Waals surface area contributed by atoms with Gasteiger partial charge in [-0.3, -0.25) is 4.79 Å². The maximum atomic E-state index is 11.8. The summed E-state index contributed by atoms with van der Waals surface area (Å²) in [7, 11) is 0. The van der Waals surface area contributed by atoms with Crippen molar-refractivity contribution in [2.75, 3.05) is 0 Å². The van der Waals surface area contributed by atoms with Crippen LogP contribution >= 0.6 is 11.6 Å². The highest BCUT2D eigenvalue weighted by molar-refractivity contribution is 6.31. The standard InChI is InChI=1S/C16H17ClO/c1-9-7-10(2)16(11(9)3)14-6-5-13(17)8-15(14)12(4)18/h5-8,11H,1-4H3. The molecule has 0 spiro atoms. The summed E-state index contributed by atoms with van der Waals surface area (Å²) in [5, 5.41) is 0.609. The van der Waals surface area contributed by atoms with E-state index >= 15 is 0 Å². The van der Waals surface area contributed by atoms with Gasteiger partial charge in [0.25, 0.3) is 0 Å². The lowest BCUT2D eigenvalue weighted by atomic mass is 9.88. The van der Waals surface area contributed by atoms with Gasteiger partial charge in [0.2, 0.25) is 0 Å². The molecule has 2 heteroatoms. The molecule has 0 bridgehead atoms. The smallest absolute Gasteiger partial charge is 0.160 e. The molecule has 0 N–H and O–H groups in total. The zero-order chi connectivity index (χ0) is 13.4. The second-order valence-electron chi connectivity index (χ2n) is 4.95. The summed E-state index contributed by atoms with van der Waals surface area (Å²) in [6.07, 6.45) is 2.19. The van der Waals surface area contributed by atoms with Crippen LogP contribution < -0.4 is 0 Å². The fraction of sp³-hybridized carbons (Fsp3) is 0.312. The van der Waals surface area contributed by atoms with Crippen LogP contribution in [0.3, 0.4) is 0 Å². The number of rotatable bonds is 2. The van der Waals surface area contributed by atoms with Gasteiger partial charge >= 0.3 is 0 Å². The first kappa shape index (κ1) is 13.1. The normalized spacial score (nSPS) is 19.2. The largest absolute Gasteiger partial charge is 0.294 e. The molecule has 1 aliphatic carbocycles. The van der Waals surface area contributed by atoms with E-state index in [-0.39, 0.29) is 5.78 Å². The van der Waals surface area contributed by atoms with E-state index in [2.05, 4.69) is 26.8 Å². The molecule has 94 valence electrons. The monoisotopic (exact) mass is 260 g/mol. The van der Waals surface area contributed by atoms with E-state index in [0.29, 0.717) is 16.5 Å². The summed E-state index contributed by atoms with van der Waals surface area (Å²) in [6, 6.07) is 5.57. The molecule has 1 unspecified atom stereocenters. The third-order valence-electron chi connectivity index (χ3n) is 3.64. The predicted octanol–water partition coefficient (Wildman–Crippen LogP) is 4.91. The van der Waals surface area contributed by atoms with Gasteiger partial charge in [-0.15, -0.1) is 0 Å². The zero-order valence-electron chi connectivity index (χ0n) is 11.2. The van der Waals surface area contributed by atoms with Gasteiger partial charge in [-0.1, -0.05) is 36.2 Å². The van der Waals surface area contributed by atoms with Gasteiger partial charge in [-0.25, -0.2) is 0 Å². The molecule has 1 aliphatic rings. The number of ketones is 1. The fourth-order valence-electron chi connectivity index (χ4n) is 2.60. The number of hydrogen-bond acceptors (Lipinski definition) is 1. The minimum atomic E-state index is 0.0598. The molecule has 18 heavy (non-hydrogen) atoms. The van der Waals surface area contributed by atoms with Crippen LogP contribution in [0.25, 0.3) is 5.57 Å². The number of halogens is 1. The van der Waals surface area contributed by atoms with Crippen LogP contribution in [0.5, 0.6) is 0 Å². The lowest BCUT2D eigenvalue weighted by molar-refractivity contribution is 0.101. The number of allylic oxidation sites excluding steroid dienone is 4. The Bertz CT molecular complexity index is 579. The van der Waals surface area contributed by atoms with Gasteiger partial charge in [0.1, 0.15) is 0 Å². The second kappa shape index (κ2) is 4.74. The Morgan fingerprint density at radius 1 is 1.28 bits per heavy atom. The van der Waals surface area contributed by atoms with Gasteiger partial charge in [0.15, 0.2) is 5.78 Å². The molecule has 1 nitrogen and oxygen atoms in total.